The quantitative estimate of drug-likeness (QED) is 0.816. The van der Waals surface area contributed by atoms with E-state index in [1.165, 1.54) is 22.3 Å². The van der Waals surface area contributed by atoms with Gasteiger partial charge in [-0.05, 0) is 77.5 Å². The molecule has 21 heavy (non-hydrogen) atoms. The number of benzene rings is 1. The van der Waals surface area contributed by atoms with E-state index in [-0.39, 0.29) is 0 Å². The van der Waals surface area contributed by atoms with Crippen LogP contribution < -0.4 is 5.32 Å². The molecule has 2 rings (SSSR count). The summed E-state index contributed by atoms with van der Waals surface area (Å²) in [4.78, 5) is 4.31. The van der Waals surface area contributed by atoms with Crippen molar-refractivity contribution in [1.29, 1.82) is 0 Å². The first-order valence-electron chi connectivity index (χ1n) is 7.50. The van der Waals surface area contributed by atoms with Crippen molar-refractivity contribution in [3.63, 3.8) is 0 Å². The van der Waals surface area contributed by atoms with Crippen LogP contribution in [0.15, 0.2) is 41.1 Å². The second-order valence-corrected chi connectivity index (χ2v) is 6.43. The molecule has 0 aliphatic carbocycles. The number of rotatable bonds is 6. The summed E-state index contributed by atoms with van der Waals surface area (Å²) in [6.07, 6.45) is 5.92. The lowest BCUT2D eigenvalue weighted by atomic mass is 9.93. The van der Waals surface area contributed by atoms with Gasteiger partial charge in [0.1, 0.15) is 0 Å². The summed E-state index contributed by atoms with van der Waals surface area (Å²) in [5.74, 6) is 0. The maximum Gasteiger partial charge on any atom is 0.0410 e. The topological polar surface area (TPSA) is 24.9 Å². The Morgan fingerprint density at radius 1 is 1.19 bits per heavy atom. The van der Waals surface area contributed by atoms with Crippen molar-refractivity contribution in [2.45, 2.75) is 39.7 Å². The lowest BCUT2D eigenvalue weighted by molar-refractivity contribution is 0.526. The maximum absolute atomic E-state index is 4.31. The van der Waals surface area contributed by atoms with Gasteiger partial charge in [-0.2, -0.15) is 0 Å². The van der Waals surface area contributed by atoms with Crippen molar-refractivity contribution in [1.82, 2.24) is 10.3 Å². The molecule has 2 nitrogen and oxygen atoms in total. The molecule has 0 aliphatic heterocycles. The van der Waals surface area contributed by atoms with Gasteiger partial charge in [-0.3, -0.25) is 4.98 Å². The molecule has 3 heteroatoms. The molecule has 1 aromatic carbocycles. The van der Waals surface area contributed by atoms with Gasteiger partial charge in [0.25, 0.3) is 0 Å². The van der Waals surface area contributed by atoms with Crippen LogP contribution >= 0.6 is 15.9 Å². The van der Waals surface area contributed by atoms with Gasteiger partial charge >= 0.3 is 0 Å². The molecule has 0 spiro atoms. The molecule has 1 heterocycles. The minimum Gasteiger partial charge on any atom is -0.310 e. The van der Waals surface area contributed by atoms with E-state index in [1.807, 2.05) is 12.4 Å². The number of nitrogens with zero attached hydrogens (tertiary/aromatic N) is 1. The number of aryl methyl sites for hydroxylation is 2. The van der Waals surface area contributed by atoms with E-state index in [2.05, 4.69) is 71.3 Å². The van der Waals surface area contributed by atoms with Gasteiger partial charge in [-0.25, -0.2) is 0 Å². The van der Waals surface area contributed by atoms with E-state index >= 15 is 0 Å². The first-order chi connectivity index (χ1) is 10.1. The number of nitrogens with one attached hydrogen (secondary N) is 1. The summed E-state index contributed by atoms with van der Waals surface area (Å²) in [5, 5.41) is 3.66. The van der Waals surface area contributed by atoms with Crippen molar-refractivity contribution >= 4 is 15.9 Å². The van der Waals surface area contributed by atoms with E-state index in [1.54, 1.807) is 0 Å². The Bertz CT molecular complexity index is 575. The smallest absolute Gasteiger partial charge is 0.0410 e. The second kappa shape index (κ2) is 7.71. The predicted molar refractivity (Wildman–Crippen MR) is 92.6 cm³/mol. The number of hydrogen-bond donors (Lipinski definition) is 1. The first-order valence-corrected chi connectivity index (χ1v) is 8.30. The average molecular weight is 347 g/mol. The largest absolute Gasteiger partial charge is 0.310 e. The molecule has 1 unspecified atom stereocenters. The zero-order valence-corrected chi connectivity index (χ0v) is 14.6. The molecule has 0 radical (unpaired) electrons. The van der Waals surface area contributed by atoms with E-state index in [9.17, 15) is 0 Å². The van der Waals surface area contributed by atoms with Crippen molar-refractivity contribution in [3.8, 4) is 0 Å². The third kappa shape index (κ3) is 4.39. The standard InChI is InChI=1S/C18H23BrN2/c1-4-8-21-18(15-9-16(19)12-20-11-15)10-17-13(2)6-5-7-14(17)3/h5-7,9,11-12,18,21H,4,8,10H2,1-3H3. The molecule has 1 atom stereocenters. The van der Waals surface area contributed by atoms with Crippen LogP contribution in [0.4, 0.5) is 0 Å². The second-order valence-electron chi connectivity index (χ2n) is 5.52. The zero-order valence-electron chi connectivity index (χ0n) is 13.0. The number of pyridine rings is 1. The molecule has 112 valence electrons. The number of halogens is 1. The summed E-state index contributed by atoms with van der Waals surface area (Å²) >= 11 is 3.52. The third-order valence-corrected chi connectivity index (χ3v) is 4.26. The Labute approximate surface area is 136 Å². The highest BCUT2D eigenvalue weighted by Crippen LogP contribution is 2.24. The van der Waals surface area contributed by atoms with Crippen LogP contribution in [-0.2, 0) is 6.42 Å². The number of hydrogen-bond acceptors (Lipinski definition) is 2. The van der Waals surface area contributed by atoms with Gasteiger partial charge in [0, 0.05) is 22.9 Å². The van der Waals surface area contributed by atoms with Gasteiger partial charge < -0.3 is 5.32 Å². The molecule has 2 aromatic rings. The molecule has 0 amide bonds. The van der Waals surface area contributed by atoms with E-state index in [4.69, 9.17) is 0 Å². The summed E-state index contributed by atoms with van der Waals surface area (Å²) < 4.78 is 1.03. The highest BCUT2D eigenvalue weighted by molar-refractivity contribution is 9.10. The van der Waals surface area contributed by atoms with Crippen LogP contribution in [0.5, 0.6) is 0 Å². The first kappa shape index (κ1) is 16.2. The summed E-state index contributed by atoms with van der Waals surface area (Å²) in [6, 6.07) is 8.98. The fraction of sp³-hybridized carbons (Fsp3) is 0.389. The van der Waals surface area contributed by atoms with E-state index < -0.39 is 0 Å². The SMILES string of the molecule is CCCNC(Cc1c(C)cccc1C)c1cncc(Br)c1. The normalized spacial score (nSPS) is 12.4. The van der Waals surface area contributed by atoms with Crippen molar-refractivity contribution in [2.75, 3.05) is 6.54 Å². The average Bonchev–Trinajstić information content (AvgIpc) is 2.46. The Morgan fingerprint density at radius 2 is 1.90 bits per heavy atom. The highest BCUT2D eigenvalue weighted by Gasteiger charge is 2.15. The van der Waals surface area contributed by atoms with Crippen LogP contribution in [0.25, 0.3) is 0 Å². The molecule has 1 N–H and O–H groups in total. The number of aromatic nitrogens is 1. The Kier molecular flexibility index (Phi) is 5.95. The minimum atomic E-state index is 0.301. The zero-order chi connectivity index (χ0) is 15.2. The minimum absolute atomic E-state index is 0.301. The van der Waals surface area contributed by atoms with Crippen LogP contribution in [0, 0.1) is 13.8 Å². The lowest BCUT2D eigenvalue weighted by Gasteiger charge is -2.21. The van der Waals surface area contributed by atoms with Crippen LogP contribution in [-0.4, -0.2) is 11.5 Å². The molecule has 0 saturated carbocycles. The molecule has 0 fully saturated rings. The fourth-order valence-electron chi connectivity index (χ4n) is 2.62. The van der Waals surface area contributed by atoms with Crippen molar-refractivity contribution < 1.29 is 0 Å². The van der Waals surface area contributed by atoms with Gasteiger partial charge in [-0.1, -0.05) is 25.1 Å². The summed E-state index contributed by atoms with van der Waals surface area (Å²) in [5.41, 5.74) is 5.40. The monoisotopic (exact) mass is 346 g/mol. The third-order valence-electron chi connectivity index (χ3n) is 3.82. The Balaban J connectivity index is 2.28. The fourth-order valence-corrected chi connectivity index (χ4v) is 3.00. The van der Waals surface area contributed by atoms with E-state index in [0.29, 0.717) is 6.04 Å². The molecule has 0 aliphatic rings. The van der Waals surface area contributed by atoms with Gasteiger partial charge in [0.05, 0.1) is 0 Å². The van der Waals surface area contributed by atoms with Crippen molar-refractivity contribution in [2.24, 2.45) is 0 Å². The molecule has 1 aromatic heterocycles. The van der Waals surface area contributed by atoms with Crippen LogP contribution in [0.2, 0.25) is 0 Å². The van der Waals surface area contributed by atoms with Gasteiger partial charge in [0.15, 0.2) is 0 Å². The Morgan fingerprint density at radius 3 is 2.52 bits per heavy atom. The maximum atomic E-state index is 4.31. The summed E-state index contributed by atoms with van der Waals surface area (Å²) in [7, 11) is 0. The molecular weight excluding hydrogens is 324 g/mol. The molecule has 0 saturated heterocycles. The predicted octanol–water partition coefficient (Wildman–Crippen LogP) is 4.74. The van der Waals surface area contributed by atoms with Gasteiger partial charge in [0.2, 0.25) is 0 Å². The van der Waals surface area contributed by atoms with Gasteiger partial charge in [-0.15, -0.1) is 0 Å². The highest BCUT2D eigenvalue weighted by atomic mass is 79.9. The van der Waals surface area contributed by atoms with Crippen molar-refractivity contribution in [3.05, 3.63) is 63.4 Å². The molecular formula is C18H23BrN2. The van der Waals surface area contributed by atoms with Crippen LogP contribution in [0.3, 0.4) is 0 Å². The Hall–Kier alpha value is -1.19. The van der Waals surface area contributed by atoms with E-state index in [0.717, 1.165) is 23.9 Å². The molecule has 0 bridgehead atoms. The lowest BCUT2D eigenvalue weighted by Crippen LogP contribution is -2.24. The van der Waals surface area contributed by atoms with Crippen LogP contribution in [0.1, 0.15) is 41.6 Å². The summed E-state index contributed by atoms with van der Waals surface area (Å²) in [6.45, 7) is 7.60.